The van der Waals surface area contributed by atoms with Crippen molar-refractivity contribution in [2.24, 2.45) is 0 Å². The molecule has 0 aliphatic carbocycles. The Labute approximate surface area is 177 Å². The maximum absolute atomic E-state index is 12.3. The van der Waals surface area contributed by atoms with E-state index in [0.717, 1.165) is 25.1 Å². The molecule has 1 N–H and O–H groups in total. The Kier molecular flexibility index (Phi) is 7.62. The molecule has 2 saturated heterocycles. The minimum Gasteiger partial charge on any atom is -0.475 e. The smallest absolute Gasteiger partial charge is 0.475 e. The predicted octanol–water partition coefficient (Wildman–Crippen LogP) is 1.45. The second-order valence-corrected chi connectivity index (χ2v) is 7.52. The van der Waals surface area contributed by atoms with Crippen molar-refractivity contribution in [2.75, 3.05) is 27.2 Å². The number of likely N-dealkylation sites (tertiary alicyclic amines) is 2. The zero-order valence-corrected chi connectivity index (χ0v) is 17.1. The number of amides is 2. The number of nitriles is 1. The first-order chi connectivity index (χ1) is 14.4. The number of nitrogens with zero attached hydrogens (tertiary/aromatic N) is 4. The summed E-state index contributed by atoms with van der Waals surface area (Å²) in [6.07, 6.45) is -3.71. The van der Waals surface area contributed by atoms with Gasteiger partial charge < -0.3 is 14.9 Å². The molecule has 0 radical (unpaired) electrons. The standard InChI is InChI=1S/C18H22N4O2.C2HF3O2/c1-20(2)18(24)12-22-15-6-7-21(16(15)9-17(22)23)11-14-5-3-4-13(8-14)10-19;3-2(4,5)1(6)7/h3-5,8,15-16H,6-7,9,11-12H2,1-2H3;(H,6,7)/t15-,16+;/m0./s1. The fraction of sp³-hybridized carbons (Fsp3) is 0.500. The first kappa shape index (κ1) is 24.1. The van der Waals surface area contributed by atoms with Crippen LogP contribution in [0.3, 0.4) is 0 Å². The molecule has 1 aromatic carbocycles. The van der Waals surface area contributed by atoms with Crippen molar-refractivity contribution < 1.29 is 32.7 Å². The van der Waals surface area contributed by atoms with E-state index in [4.69, 9.17) is 15.2 Å². The Hall–Kier alpha value is -3.13. The van der Waals surface area contributed by atoms with Crippen LogP contribution in [-0.4, -0.2) is 83.0 Å². The maximum Gasteiger partial charge on any atom is 0.490 e. The van der Waals surface area contributed by atoms with E-state index >= 15 is 0 Å². The zero-order valence-electron chi connectivity index (χ0n) is 17.1. The number of carboxylic acid groups (broad SMARTS) is 1. The van der Waals surface area contributed by atoms with Gasteiger partial charge in [0.1, 0.15) is 6.54 Å². The van der Waals surface area contributed by atoms with Gasteiger partial charge >= 0.3 is 12.1 Å². The van der Waals surface area contributed by atoms with Gasteiger partial charge in [0.25, 0.3) is 0 Å². The van der Waals surface area contributed by atoms with Crippen molar-refractivity contribution >= 4 is 17.8 Å². The minimum absolute atomic E-state index is 0.0378. The van der Waals surface area contributed by atoms with Crippen LogP contribution in [0.1, 0.15) is 24.0 Å². The van der Waals surface area contributed by atoms with Crippen molar-refractivity contribution in [1.82, 2.24) is 14.7 Å². The summed E-state index contributed by atoms with van der Waals surface area (Å²) >= 11 is 0. The molecule has 0 aromatic heterocycles. The van der Waals surface area contributed by atoms with Gasteiger partial charge in [-0.3, -0.25) is 14.5 Å². The molecule has 0 unspecified atom stereocenters. The third-order valence-corrected chi connectivity index (χ3v) is 5.22. The molecule has 2 aliphatic rings. The van der Waals surface area contributed by atoms with Crippen molar-refractivity contribution in [3.63, 3.8) is 0 Å². The molecule has 0 bridgehead atoms. The lowest BCUT2D eigenvalue weighted by atomic mass is 10.1. The average molecular weight is 440 g/mol. The van der Waals surface area contributed by atoms with Gasteiger partial charge in [-0.1, -0.05) is 12.1 Å². The number of carbonyl (C=O) groups is 3. The van der Waals surface area contributed by atoms with Crippen molar-refractivity contribution in [3.05, 3.63) is 35.4 Å². The number of rotatable bonds is 4. The van der Waals surface area contributed by atoms with Crippen LogP contribution < -0.4 is 0 Å². The van der Waals surface area contributed by atoms with Crippen molar-refractivity contribution in [3.8, 4) is 6.07 Å². The van der Waals surface area contributed by atoms with Gasteiger partial charge in [0, 0.05) is 45.7 Å². The fourth-order valence-electron chi connectivity index (χ4n) is 3.67. The topological polar surface area (TPSA) is 105 Å². The quantitative estimate of drug-likeness (QED) is 0.760. The number of carboxylic acids is 1. The van der Waals surface area contributed by atoms with Gasteiger partial charge in [-0.25, -0.2) is 4.79 Å². The van der Waals surface area contributed by atoms with Crippen LogP contribution in [0.4, 0.5) is 13.2 Å². The second-order valence-electron chi connectivity index (χ2n) is 7.52. The number of halogens is 3. The average Bonchev–Trinajstić information content (AvgIpc) is 3.21. The molecule has 168 valence electrons. The summed E-state index contributed by atoms with van der Waals surface area (Å²) in [4.78, 5) is 38.8. The molecule has 8 nitrogen and oxygen atoms in total. The number of likely N-dealkylation sites (N-methyl/N-ethyl adjacent to an activating group) is 1. The number of hydrogen-bond acceptors (Lipinski definition) is 5. The van der Waals surface area contributed by atoms with E-state index in [0.29, 0.717) is 12.0 Å². The van der Waals surface area contributed by atoms with E-state index in [1.807, 2.05) is 18.2 Å². The molecule has 0 spiro atoms. The number of benzene rings is 1. The Bertz CT molecular complexity index is 882. The lowest BCUT2D eigenvalue weighted by molar-refractivity contribution is -0.192. The van der Waals surface area contributed by atoms with Crippen LogP contribution >= 0.6 is 0 Å². The molecule has 2 heterocycles. The molecule has 2 aliphatic heterocycles. The Morgan fingerprint density at radius 2 is 1.94 bits per heavy atom. The zero-order chi connectivity index (χ0) is 23.3. The first-order valence-corrected chi connectivity index (χ1v) is 9.47. The molecule has 2 amide bonds. The second kappa shape index (κ2) is 9.78. The fourth-order valence-corrected chi connectivity index (χ4v) is 3.67. The Balaban J connectivity index is 0.000000423. The predicted molar refractivity (Wildman–Crippen MR) is 102 cm³/mol. The van der Waals surface area contributed by atoms with E-state index in [1.165, 1.54) is 4.90 Å². The molecule has 2 fully saturated rings. The number of carbonyl (C=O) groups excluding carboxylic acids is 2. The molecule has 2 atom stereocenters. The maximum atomic E-state index is 12.3. The van der Waals surface area contributed by atoms with Gasteiger partial charge in [-0.2, -0.15) is 18.4 Å². The summed E-state index contributed by atoms with van der Waals surface area (Å²) < 4.78 is 31.7. The van der Waals surface area contributed by atoms with Crippen LogP contribution in [-0.2, 0) is 20.9 Å². The monoisotopic (exact) mass is 440 g/mol. The summed E-state index contributed by atoms with van der Waals surface area (Å²) in [7, 11) is 3.42. The highest BCUT2D eigenvalue weighted by atomic mass is 19.4. The van der Waals surface area contributed by atoms with Crippen molar-refractivity contribution in [1.29, 1.82) is 5.26 Å². The van der Waals surface area contributed by atoms with Gasteiger partial charge in [0.2, 0.25) is 11.8 Å². The summed E-state index contributed by atoms with van der Waals surface area (Å²) in [5, 5.41) is 16.1. The largest absolute Gasteiger partial charge is 0.490 e. The third-order valence-electron chi connectivity index (χ3n) is 5.22. The molecule has 0 saturated carbocycles. The highest BCUT2D eigenvalue weighted by Crippen LogP contribution is 2.33. The van der Waals surface area contributed by atoms with Crippen LogP contribution in [0.25, 0.3) is 0 Å². The highest BCUT2D eigenvalue weighted by molar-refractivity contribution is 5.87. The highest BCUT2D eigenvalue weighted by Gasteiger charge is 2.47. The SMILES string of the molecule is CN(C)C(=O)CN1C(=O)C[C@@H]2[C@@H]1CCN2Cc1cccc(C#N)c1.O=C(O)C(F)(F)F. The minimum atomic E-state index is -5.08. The number of aliphatic carboxylic acids is 1. The molecule has 3 rings (SSSR count). The normalized spacial score (nSPS) is 20.5. The summed E-state index contributed by atoms with van der Waals surface area (Å²) in [5.74, 6) is -2.73. The van der Waals surface area contributed by atoms with E-state index in [9.17, 15) is 22.8 Å². The van der Waals surface area contributed by atoms with Gasteiger partial charge in [0.05, 0.1) is 11.6 Å². The Morgan fingerprint density at radius 3 is 2.48 bits per heavy atom. The number of fused-ring (bicyclic) bond motifs is 1. The van der Waals surface area contributed by atoms with Gasteiger partial charge in [0.15, 0.2) is 0 Å². The molecular formula is C20H23F3N4O4. The molecule has 1 aromatic rings. The molecular weight excluding hydrogens is 417 g/mol. The van der Waals surface area contributed by atoms with E-state index in [2.05, 4.69) is 11.0 Å². The third kappa shape index (κ3) is 6.18. The molecule has 31 heavy (non-hydrogen) atoms. The van der Waals surface area contributed by atoms with Crippen molar-refractivity contribution in [2.45, 2.75) is 37.6 Å². The number of hydrogen-bond donors (Lipinski definition) is 1. The van der Waals surface area contributed by atoms with Gasteiger partial charge in [-0.05, 0) is 24.1 Å². The van der Waals surface area contributed by atoms with Crippen LogP contribution in [0.2, 0.25) is 0 Å². The molecule has 11 heteroatoms. The summed E-state index contributed by atoms with van der Waals surface area (Å²) in [6, 6.07) is 10.1. The number of alkyl halides is 3. The van der Waals surface area contributed by atoms with E-state index in [1.54, 1.807) is 25.1 Å². The summed E-state index contributed by atoms with van der Waals surface area (Å²) in [6.45, 7) is 1.82. The van der Waals surface area contributed by atoms with Gasteiger partial charge in [-0.15, -0.1) is 0 Å². The van der Waals surface area contributed by atoms with E-state index in [-0.39, 0.29) is 30.4 Å². The lowest BCUT2D eigenvalue weighted by Gasteiger charge is -2.26. The summed E-state index contributed by atoms with van der Waals surface area (Å²) in [5.41, 5.74) is 1.74. The lowest BCUT2D eigenvalue weighted by Crippen LogP contribution is -2.43. The van der Waals surface area contributed by atoms with Crippen LogP contribution in [0.5, 0.6) is 0 Å². The van der Waals surface area contributed by atoms with Crippen LogP contribution in [0, 0.1) is 11.3 Å². The van der Waals surface area contributed by atoms with E-state index < -0.39 is 12.1 Å². The van der Waals surface area contributed by atoms with Crippen LogP contribution in [0.15, 0.2) is 24.3 Å². The first-order valence-electron chi connectivity index (χ1n) is 9.47. The Morgan fingerprint density at radius 1 is 1.29 bits per heavy atom.